The summed E-state index contributed by atoms with van der Waals surface area (Å²) in [7, 11) is 0. The Kier molecular flexibility index (Phi) is 5.81. The summed E-state index contributed by atoms with van der Waals surface area (Å²) < 4.78 is 0. The van der Waals surface area contributed by atoms with Crippen molar-refractivity contribution in [3.05, 3.63) is 0 Å². The summed E-state index contributed by atoms with van der Waals surface area (Å²) in [5.41, 5.74) is 5.36. The van der Waals surface area contributed by atoms with Crippen LogP contribution in [-0.4, -0.2) is 18.5 Å². The molecule has 0 radical (unpaired) electrons. The molecule has 1 fully saturated rings. The summed E-state index contributed by atoms with van der Waals surface area (Å²) in [6.45, 7) is 4.99. The third-order valence-corrected chi connectivity index (χ3v) is 3.61. The molecule has 1 atom stereocenters. The molecule has 0 aliphatic heterocycles. The molecule has 3 heteroatoms. The first-order valence-electron chi connectivity index (χ1n) is 6.64. The molecular weight excluding hydrogens is 200 g/mol. The van der Waals surface area contributed by atoms with E-state index in [-0.39, 0.29) is 17.9 Å². The summed E-state index contributed by atoms with van der Waals surface area (Å²) in [5, 5.41) is 3.29. The number of primary amides is 1. The third-order valence-electron chi connectivity index (χ3n) is 3.61. The van der Waals surface area contributed by atoms with Gasteiger partial charge in [-0.3, -0.25) is 4.79 Å². The molecule has 16 heavy (non-hydrogen) atoms. The lowest BCUT2D eigenvalue weighted by atomic mass is 9.87. The van der Waals surface area contributed by atoms with E-state index in [0.717, 1.165) is 12.5 Å². The summed E-state index contributed by atoms with van der Waals surface area (Å²) in [5.74, 6) is 0.921. The van der Waals surface area contributed by atoms with E-state index in [1.165, 1.54) is 38.5 Å². The van der Waals surface area contributed by atoms with Gasteiger partial charge in [0.2, 0.25) is 5.91 Å². The topological polar surface area (TPSA) is 55.1 Å². The standard InChI is InChI=1S/C13H26N2O/c1-10(2)12(13(14)16)15-9-8-11-6-4-3-5-7-11/h10-12,15H,3-9H2,1-2H3,(H2,14,16). The van der Waals surface area contributed by atoms with Crippen LogP contribution in [0.5, 0.6) is 0 Å². The largest absolute Gasteiger partial charge is 0.368 e. The van der Waals surface area contributed by atoms with Gasteiger partial charge in [0.1, 0.15) is 0 Å². The molecule has 1 aliphatic rings. The highest BCUT2D eigenvalue weighted by molar-refractivity contribution is 5.80. The molecule has 3 nitrogen and oxygen atoms in total. The average molecular weight is 226 g/mol. The zero-order valence-electron chi connectivity index (χ0n) is 10.7. The molecule has 1 saturated carbocycles. The van der Waals surface area contributed by atoms with Crippen LogP contribution in [0.3, 0.4) is 0 Å². The first kappa shape index (κ1) is 13.5. The Morgan fingerprint density at radius 1 is 1.31 bits per heavy atom. The fraction of sp³-hybridized carbons (Fsp3) is 0.923. The van der Waals surface area contributed by atoms with Crippen LogP contribution in [-0.2, 0) is 4.79 Å². The number of nitrogens with two attached hydrogens (primary N) is 1. The second kappa shape index (κ2) is 6.89. The zero-order valence-corrected chi connectivity index (χ0v) is 10.7. The average Bonchev–Trinajstić information content (AvgIpc) is 2.24. The monoisotopic (exact) mass is 226 g/mol. The lowest BCUT2D eigenvalue weighted by Crippen LogP contribution is -2.45. The predicted octanol–water partition coefficient (Wildman–Crippen LogP) is 2.06. The Balaban J connectivity index is 2.19. The van der Waals surface area contributed by atoms with Crippen molar-refractivity contribution >= 4 is 5.91 Å². The Labute approximate surface area is 99.2 Å². The van der Waals surface area contributed by atoms with Gasteiger partial charge in [0.25, 0.3) is 0 Å². The quantitative estimate of drug-likeness (QED) is 0.728. The smallest absolute Gasteiger partial charge is 0.234 e. The number of rotatable bonds is 6. The SMILES string of the molecule is CC(C)C(NCCC1CCCCC1)C(N)=O. The minimum absolute atomic E-state index is 0.163. The van der Waals surface area contributed by atoms with Crippen LogP contribution in [0.4, 0.5) is 0 Å². The normalized spacial score (nSPS) is 19.9. The summed E-state index contributed by atoms with van der Waals surface area (Å²) in [6.07, 6.45) is 8.09. The molecular formula is C13H26N2O. The van der Waals surface area contributed by atoms with Crippen LogP contribution >= 0.6 is 0 Å². The number of carbonyl (C=O) groups excluding carboxylic acids is 1. The van der Waals surface area contributed by atoms with Gasteiger partial charge in [0.15, 0.2) is 0 Å². The highest BCUT2D eigenvalue weighted by Crippen LogP contribution is 2.25. The number of amides is 1. The first-order chi connectivity index (χ1) is 7.61. The maximum atomic E-state index is 11.2. The van der Waals surface area contributed by atoms with Crippen molar-refractivity contribution in [3.8, 4) is 0 Å². The molecule has 0 bridgehead atoms. The molecule has 1 aliphatic carbocycles. The maximum absolute atomic E-state index is 11.2. The van der Waals surface area contributed by atoms with Crippen molar-refractivity contribution in [2.45, 2.75) is 58.4 Å². The highest BCUT2D eigenvalue weighted by Gasteiger charge is 2.19. The van der Waals surface area contributed by atoms with Gasteiger partial charge in [0, 0.05) is 0 Å². The van der Waals surface area contributed by atoms with E-state index in [9.17, 15) is 4.79 Å². The third kappa shape index (κ3) is 4.52. The molecule has 94 valence electrons. The van der Waals surface area contributed by atoms with Crippen molar-refractivity contribution in [2.24, 2.45) is 17.6 Å². The van der Waals surface area contributed by atoms with Crippen LogP contribution in [0.2, 0.25) is 0 Å². The predicted molar refractivity (Wildman–Crippen MR) is 67.0 cm³/mol. The minimum Gasteiger partial charge on any atom is -0.368 e. The Morgan fingerprint density at radius 3 is 2.44 bits per heavy atom. The molecule has 0 aromatic carbocycles. The van der Waals surface area contributed by atoms with E-state index in [4.69, 9.17) is 5.73 Å². The van der Waals surface area contributed by atoms with E-state index in [2.05, 4.69) is 5.32 Å². The van der Waals surface area contributed by atoms with Crippen LogP contribution in [0.15, 0.2) is 0 Å². The molecule has 0 aromatic rings. The Morgan fingerprint density at radius 2 is 1.94 bits per heavy atom. The molecule has 1 amide bonds. The number of hydrogen-bond donors (Lipinski definition) is 2. The second-order valence-electron chi connectivity index (χ2n) is 5.37. The van der Waals surface area contributed by atoms with Gasteiger partial charge in [-0.25, -0.2) is 0 Å². The lowest BCUT2D eigenvalue weighted by Gasteiger charge is -2.24. The van der Waals surface area contributed by atoms with Crippen molar-refractivity contribution in [2.75, 3.05) is 6.54 Å². The minimum atomic E-state index is -0.223. The van der Waals surface area contributed by atoms with Gasteiger partial charge in [-0.2, -0.15) is 0 Å². The van der Waals surface area contributed by atoms with E-state index < -0.39 is 0 Å². The van der Waals surface area contributed by atoms with Crippen LogP contribution < -0.4 is 11.1 Å². The molecule has 3 N–H and O–H groups in total. The van der Waals surface area contributed by atoms with E-state index in [0.29, 0.717) is 0 Å². The van der Waals surface area contributed by atoms with Crippen LogP contribution in [0.25, 0.3) is 0 Å². The number of hydrogen-bond acceptors (Lipinski definition) is 2. The molecule has 0 aromatic heterocycles. The maximum Gasteiger partial charge on any atom is 0.234 e. The Bertz CT molecular complexity index is 210. The van der Waals surface area contributed by atoms with Gasteiger partial charge in [-0.15, -0.1) is 0 Å². The fourth-order valence-corrected chi connectivity index (χ4v) is 2.58. The summed E-state index contributed by atoms with van der Waals surface area (Å²) in [6, 6.07) is -0.163. The van der Waals surface area contributed by atoms with Crippen molar-refractivity contribution in [1.29, 1.82) is 0 Å². The van der Waals surface area contributed by atoms with Crippen molar-refractivity contribution in [3.63, 3.8) is 0 Å². The molecule has 0 saturated heterocycles. The van der Waals surface area contributed by atoms with Crippen molar-refractivity contribution < 1.29 is 4.79 Å². The molecule has 1 rings (SSSR count). The van der Waals surface area contributed by atoms with Crippen molar-refractivity contribution in [1.82, 2.24) is 5.32 Å². The van der Waals surface area contributed by atoms with Gasteiger partial charge in [-0.05, 0) is 24.8 Å². The van der Waals surface area contributed by atoms with Gasteiger partial charge >= 0.3 is 0 Å². The van der Waals surface area contributed by atoms with E-state index in [1.54, 1.807) is 0 Å². The van der Waals surface area contributed by atoms with Gasteiger partial charge in [-0.1, -0.05) is 46.0 Å². The number of carbonyl (C=O) groups is 1. The fourth-order valence-electron chi connectivity index (χ4n) is 2.58. The summed E-state index contributed by atoms with van der Waals surface area (Å²) >= 11 is 0. The highest BCUT2D eigenvalue weighted by atomic mass is 16.1. The molecule has 0 heterocycles. The van der Waals surface area contributed by atoms with Gasteiger partial charge < -0.3 is 11.1 Å². The number of nitrogens with one attached hydrogen (secondary N) is 1. The van der Waals surface area contributed by atoms with Crippen LogP contribution in [0.1, 0.15) is 52.4 Å². The van der Waals surface area contributed by atoms with Crippen LogP contribution in [0, 0.1) is 11.8 Å². The summed E-state index contributed by atoms with van der Waals surface area (Å²) in [4.78, 5) is 11.2. The van der Waals surface area contributed by atoms with E-state index >= 15 is 0 Å². The molecule has 1 unspecified atom stereocenters. The first-order valence-corrected chi connectivity index (χ1v) is 6.64. The zero-order chi connectivity index (χ0) is 12.0. The second-order valence-corrected chi connectivity index (χ2v) is 5.37. The van der Waals surface area contributed by atoms with Gasteiger partial charge in [0.05, 0.1) is 6.04 Å². The Hall–Kier alpha value is -0.570. The molecule has 0 spiro atoms. The van der Waals surface area contributed by atoms with E-state index in [1.807, 2.05) is 13.8 Å². The lowest BCUT2D eigenvalue weighted by molar-refractivity contribution is -0.121.